The van der Waals surface area contributed by atoms with Gasteiger partial charge in [0.05, 0.1) is 0 Å². The number of nitrogens with two attached hydrogens (primary N) is 1. The summed E-state index contributed by atoms with van der Waals surface area (Å²) in [5, 5.41) is 3.20. The number of hydrogen-bond donors (Lipinski definition) is 3. The van der Waals surface area contributed by atoms with E-state index >= 15 is 0 Å². The maximum Gasteiger partial charge on any atom is 0.210 e. The fourth-order valence-corrected chi connectivity index (χ4v) is 2.82. The number of guanidine groups is 1. The summed E-state index contributed by atoms with van der Waals surface area (Å²) in [4.78, 5) is 4.58. The van der Waals surface area contributed by atoms with Crippen LogP contribution in [0.5, 0.6) is 0 Å². The van der Waals surface area contributed by atoms with E-state index in [9.17, 15) is 0 Å². The van der Waals surface area contributed by atoms with E-state index in [-0.39, 0.29) is 0 Å². The third-order valence-electron chi connectivity index (χ3n) is 4.22. The van der Waals surface area contributed by atoms with E-state index in [1.165, 1.54) is 32.1 Å². The van der Waals surface area contributed by atoms with Crippen LogP contribution in [0.1, 0.15) is 39.0 Å². The van der Waals surface area contributed by atoms with Gasteiger partial charge in [-0.1, -0.05) is 44.4 Å². The highest BCUT2D eigenvalue weighted by atomic mass is 15.3. The monoisotopic (exact) mass is 274 g/mol. The molecule has 0 unspecified atom stereocenters. The van der Waals surface area contributed by atoms with Crippen molar-refractivity contribution in [1.82, 2.24) is 5.43 Å². The van der Waals surface area contributed by atoms with E-state index in [1.807, 2.05) is 30.3 Å². The van der Waals surface area contributed by atoms with Gasteiger partial charge in [0.15, 0.2) is 0 Å². The Morgan fingerprint density at radius 2 is 1.80 bits per heavy atom. The van der Waals surface area contributed by atoms with Gasteiger partial charge in [-0.15, -0.1) is 0 Å². The minimum atomic E-state index is 0.647. The second kappa shape index (κ2) is 7.90. The van der Waals surface area contributed by atoms with Gasteiger partial charge in [-0.25, -0.2) is 5.84 Å². The van der Waals surface area contributed by atoms with E-state index in [2.05, 4.69) is 22.7 Å². The number of benzene rings is 1. The van der Waals surface area contributed by atoms with Crippen LogP contribution < -0.4 is 16.6 Å². The van der Waals surface area contributed by atoms with Gasteiger partial charge in [0.1, 0.15) is 0 Å². The van der Waals surface area contributed by atoms with Crippen molar-refractivity contribution in [2.24, 2.45) is 22.7 Å². The predicted molar refractivity (Wildman–Crippen MR) is 85.4 cm³/mol. The van der Waals surface area contributed by atoms with Crippen LogP contribution in [-0.2, 0) is 0 Å². The summed E-state index contributed by atoms with van der Waals surface area (Å²) < 4.78 is 0. The Bertz CT molecular complexity index is 408. The molecular weight excluding hydrogens is 248 g/mol. The average Bonchev–Trinajstić information content (AvgIpc) is 2.53. The van der Waals surface area contributed by atoms with Gasteiger partial charge in [0.2, 0.25) is 5.96 Å². The molecule has 1 fully saturated rings. The third kappa shape index (κ3) is 4.53. The van der Waals surface area contributed by atoms with Gasteiger partial charge in [-0.05, 0) is 36.8 Å². The molecule has 1 saturated carbocycles. The molecule has 2 rings (SSSR count). The fraction of sp³-hybridized carbons (Fsp3) is 0.562. The number of rotatable bonds is 4. The van der Waals surface area contributed by atoms with Crippen LogP contribution in [0.2, 0.25) is 0 Å². The van der Waals surface area contributed by atoms with Crippen LogP contribution in [0.3, 0.4) is 0 Å². The van der Waals surface area contributed by atoms with Crippen LogP contribution in [0.4, 0.5) is 5.69 Å². The zero-order valence-electron chi connectivity index (χ0n) is 12.3. The number of nitrogens with zero attached hydrogens (tertiary/aromatic N) is 1. The number of hydrogen-bond acceptors (Lipinski definition) is 2. The molecule has 4 nitrogen and oxygen atoms in total. The topological polar surface area (TPSA) is 62.4 Å². The van der Waals surface area contributed by atoms with Crippen molar-refractivity contribution in [2.75, 3.05) is 11.9 Å². The molecule has 0 saturated heterocycles. The summed E-state index contributed by atoms with van der Waals surface area (Å²) >= 11 is 0. The SMILES string of the molecule is CCC1CCC(CN=C(NN)Nc2ccccc2)CC1. The molecule has 1 aromatic carbocycles. The van der Waals surface area contributed by atoms with Gasteiger partial charge >= 0.3 is 0 Å². The highest BCUT2D eigenvalue weighted by Crippen LogP contribution is 2.30. The number of para-hydroxylation sites is 1. The van der Waals surface area contributed by atoms with Crippen LogP contribution in [0, 0.1) is 11.8 Å². The van der Waals surface area contributed by atoms with E-state index in [0.717, 1.165) is 18.2 Å². The molecule has 4 N–H and O–H groups in total. The molecule has 110 valence electrons. The molecule has 0 aliphatic heterocycles. The van der Waals surface area contributed by atoms with E-state index in [4.69, 9.17) is 5.84 Å². The highest BCUT2D eigenvalue weighted by Gasteiger charge is 2.19. The molecule has 1 aromatic rings. The molecule has 0 aromatic heterocycles. The summed E-state index contributed by atoms with van der Waals surface area (Å²) in [6, 6.07) is 9.97. The highest BCUT2D eigenvalue weighted by molar-refractivity contribution is 5.93. The third-order valence-corrected chi connectivity index (χ3v) is 4.22. The van der Waals surface area contributed by atoms with Gasteiger partial charge in [0, 0.05) is 12.2 Å². The number of nitrogens with one attached hydrogen (secondary N) is 2. The molecular formula is C16H26N4. The molecule has 1 aliphatic rings. The Labute approximate surface area is 121 Å². The van der Waals surface area contributed by atoms with Crippen molar-refractivity contribution in [3.05, 3.63) is 30.3 Å². The van der Waals surface area contributed by atoms with Crippen LogP contribution in [0.15, 0.2) is 35.3 Å². The molecule has 0 radical (unpaired) electrons. The average molecular weight is 274 g/mol. The fourth-order valence-electron chi connectivity index (χ4n) is 2.82. The molecule has 0 bridgehead atoms. The maximum absolute atomic E-state index is 5.54. The second-order valence-corrected chi connectivity index (χ2v) is 5.62. The van der Waals surface area contributed by atoms with Crippen LogP contribution >= 0.6 is 0 Å². The summed E-state index contributed by atoms with van der Waals surface area (Å²) in [6.07, 6.45) is 6.62. The minimum absolute atomic E-state index is 0.647. The van der Waals surface area contributed by atoms with E-state index in [1.54, 1.807) is 0 Å². The maximum atomic E-state index is 5.54. The van der Waals surface area contributed by atoms with E-state index < -0.39 is 0 Å². The number of anilines is 1. The summed E-state index contributed by atoms with van der Waals surface area (Å²) in [6.45, 7) is 3.15. The lowest BCUT2D eigenvalue weighted by atomic mass is 9.81. The van der Waals surface area contributed by atoms with Crippen LogP contribution in [-0.4, -0.2) is 12.5 Å². The molecule has 0 spiro atoms. The Hall–Kier alpha value is -1.55. The predicted octanol–water partition coefficient (Wildman–Crippen LogP) is 3.13. The molecule has 0 amide bonds. The first-order valence-corrected chi connectivity index (χ1v) is 7.65. The van der Waals surface area contributed by atoms with Gasteiger partial charge in [-0.2, -0.15) is 0 Å². The summed E-state index contributed by atoms with van der Waals surface area (Å²) in [5.41, 5.74) is 3.65. The lowest BCUT2D eigenvalue weighted by Gasteiger charge is -2.26. The largest absolute Gasteiger partial charge is 0.325 e. The normalized spacial score (nSPS) is 23.4. The molecule has 1 aliphatic carbocycles. The summed E-state index contributed by atoms with van der Waals surface area (Å²) in [5.74, 6) is 7.83. The summed E-state index contributed by atoms with van der Waals surface area (Å²) in [7, 11) is 0. The number of aliphatic imine (C=N–C) groups is 1. The quantitative estimate of drug-likeness (QED) is 0.342. The minimum Gasteiger partial charge on any atom is -0.325 e. The van der Waals surface area contributed by atoms with Gasteiger partial charge in [0.25, 0.3) is 0 Å². The van der Waals surface area contributed by atoms with E-state index in [0.29, 0.717) is 11.9 Å². The van der Waals surface area contributed by atoms with Crippen molar-refractivity contribution < 1.29 is 0 Å². The first-order valence-electron chi connectivity index (χ1n) is 7.65. The zero-order valence-corrected chi connectivity index (χ0v) is 12.3. The van der Waals surface area contributed by atoms with Crippen molar-refractivity contribution in [2.45, 2.75) is 39.0 Å². The first kappa shape index (κ1) is 14.9. The second-order valence-electron chi connectivity index (χ2n) is 5.62. The van der Waals surface area contributed by atoms with Crippen LogP contribution in [0.25, 0.3) is 0 Å². The van der Waals surface area contributed by atoms with Crippen molar-refractivity contribution in [3.63, 3.8) is 0 Å². The standard InChI is InChI=1S/C16H26N4/c1-2-13-8-10-14(11-9-13)12-18-16(20-17)19-15-6-4-3-5-7-15/h3-7,13-14H,2,8-12,17H2,1H3,(H2,18,19,20). The van der Waals surface area contributed by atoms with Crippen molar-refractivity contribution in [1.29, 1.82) is 0 Å². The molecule has 20 heavy (non-hydrogen) atoms. The smallest absolute Gasteiger partial charge is 0.210 e. The Morgan fingerprint density at radius 1 is 1.15 bits per heavy atom. The Kier molecular flexibility index (Phi) is 5.87. The number of hydrazine groups is 1. The lowest BCUT2D eigenvalue weighted by Crippen LogP contribution is -2.36. The van der Waals surface area contributed by atoms with Crippen molar-refractivity contribution >= 4 is 11.6 Å². The lowest BCUT2D eigenvalue weighted by molar-refractivity contribution is 0.274. The van der Waals surface area contributed by atoms with Crippen molar-refractivity contribution in [3.8, 4) is 0 Å². The Morgan fingerprint density at radius 3 is 2.40 bits per heavy atom. The Balaban J connectivity index is 1.82. The van der Waals surface area contributed by atoms with Gasteiger partial charge < -0.3 is 5.32 Å². The zero-order chi connectivity index (χ0) is 14.2. The first-order chi connectivity index (χ1) is 9.81. The molecule has 0 atom stereocenters. The molecule has 0 heterocycles. The van der Waals surface area contributed by atoms with Gasteiger partial charge in [-0.3, -0.25) is 10.4 Å². The molecule has 4 heteroatoms.